The molecule has 0 aliphatic carbocycles. The van der Waals surface area contributed by atoms with E-state index in [1.54, 1.807) is 0 Å². The van der Waals surface area contributed by atoms with E-state index in [1.165, 1.54) is 0 Å². The monoisotopic (exact) mass is 354 g/mol. The minimum absolute atomic E-state index is 0.395. The van der Waals surface area contributed by atoms with E-state index in [1.807, 2.05) is 18.2 Å². The van der Waals surface area contributed by atoms with Gasteiger partial charge in [0, 0.05) is 9.61 Å². The molecular formula is C14H15IN2O. The zero-order valence-corrected chi connectivity index (χ0v) is 12.2. The smallest absolute Gasteiger partial charge is 0.138 e. The molecule has 94 valence electrons. The number of rotatable bonds is 1. The number of halogens is 1. The second-order valence-corrected chi connectivity index (χ2v) is 6.35. The quantitative estimate of drug-likeness (QED) is 0.789. The first-order chi connectivity index (χ1) is 8.65. The number of piperidine rings is 1. The number of benzene rings is 1. The highest BCUT2D eigenvalue weighted by Gasteiger charge is 2.48. The standard InChI is InChI=1S/C14H15IN2O/c15-12-5-1-3-10(9-16)13(12)17-11-4-2-7-14(17,18)8-6-11/h1,3,5,11,18H,2,4,6-8H2. The van der Waals surface area contributed by atoms with Gasteiger partial charge in [-0.05, 0) is 66.8 Å². The van der Waals surface area contributed by atoms with Gasteiger partial charge in [-0.1, -0.05) is 6.07 Å². The normalized spacial score (nSPS) is 30.3. The Morgan fingerprint density at radius 2 is 2.22 bits per heavy atom. The molecule has 2 aliphatic rings. The molecule has 3 nitrogen and oxygen atoms in total. The molecule has 2 aliphatic heterocycles. The molecule has 0 aromatic heterocycles. The van der Waals surface area contributed by atoms with Gasteiger partial charge >= 0.3 is 0 Å². The number of nitrogens with zero attached hydrogens (tertiary/aromatic N) is 2. The van der Waals surface area contributed by atoms with Crippen LogP contribution in [0.15, 0.2) is 18.2 Å². The molecule has 1 aromatic rings. The molecule has 0 radical (unpaired) electrons. The zero-order chi connectivity index (χ0) is 12.8. The van der Waals surface area contributed by atoms with Gasteiger partial charge in [0.15, 0.2) is 0 Å². The number of nitriles is 1. The minimum atomic E-state index is -0.726. The van der Waals surface area contributed by atoms with E-state index < -0.39 is 5.72 Å². The second kappa shape index (κ2) is 4.39. The highest BCUT2D eigenvalue weighted by atomic mass is 127. The fourth-order valence-electron chi connectivity index (χ4n) is 3.37. The minimum Gasteiger partial charge on any atom is -0.371 e. The maximum absolute atomic E-state index is 10.8. The Morgan fingerprint density at radius 1 is 1.39 bits per heavy atom. The topological polar surface area (TPSA) is 47.3 Å². The highest BCUT2D eigenvalue weighted by molar-refractivity contribution is 14.1. The molecule has 2 bridgehead atoms. The Kier molecular flexibility index (Phi) is 2.99. The van der Waals surface area contributed by atoms with E-state index in [-0.39, 0.29) is 0 Å². The third-order valence-corrected chi connectivity index (χ3v) is 5.02. The van der Waals surface area contributed by atoms with Gasteiger partial charge in [-0.15, -0.1) is 0 Å². The molecule has 3 rings (SSSR count). The third-order valence-electron chi connectivity index (χ3n) is 4.15. The summed E-state index contributed by atoms with van der Waals surface area (Å²) in [7, 11) is 0. The largest absolute Gasteiger partial charge is 0.371 e. The van der Waals surface area contributed by atoms with Gasteiger partial charge in [0.1, 0.15) is 11.8 Å². The molecule has 2 saturated heterocycles. The fraction of sp³-hybridized carbons (Fsp3) is 0.500. The van der Waals surface area contributed by atoms with Crippen LogP contribution in [0, 0.1) is 14.9 Å². The van der Waals surface area contributed by atoms with Crippen molar-refractivity contribution in [1.82, 2.24) is 0 Å². The zero-order valence-electron chi connectivity index (χ0n) is 10.1. The van der Waals surface area contributed by atoms with Crippen LogP contribution in [0.1, 0.15) is 37.7 Å². The lowest BCUT2D eigenvalue weighted by Gasteiger charge is -2.43. The van der Waals surface area contributed by atoms with Crippen molar-refractivity contribution < 1.29 is 5.11 Å². The lowest BCUT2D eigenvalue weighted by Crippen LogP contribution is -2.51. The van der Waals surface area contributed by atoms with E-state index in [2.05, 4.69) is 33.6 Å². The Hall–Kier alpha value is -0.800. The van der Waals surface area contributed by atoms with Crippen LogP contribution in [0.4, 0.5) is 5.69 Å². The number of hydrogen-bond acceptors (Lipinski definition) is 3. The van der Waals surface area contributed by atoms with Gasteiger partial charge in [-0.3, -0.25) is 0 Å². The number of aliphatic hydroxyl groups is 1. The van der Waals surface area contributed by atoms with Gasteiger partial charge in [0.05, 0.1) is 11.3 Å². The third kappa shape index (κ3) is 1.72. The molecule has 1 N–H and O–H groups in total. The molecule has 0 spiro atoms. The van der Waals surface area contributed by atoms with Crippen molar-refractivity contribution >= 4 is 28.3 Å². The number of anilines is 1. The Morgan fingerprint density at radius 3 is 2.94 bits per heavy atom. The van der Waals surface area contributed by atoms with Crippen LogP contribution in [-0.4, -0.2) is 16.9 Å². The summed E-state index contributed by atoms with van der Waals surface area (Å²) in [5, 5.41) is 20.1. The van der Waals surface area contributed by atoms with Gasteiger partial charge < -0.3 is 10.0 Å². The summed E-state index contributed by atoms with van der Waals surface area (Å²) in [5.41, 5.74) is 0.884. The van der Waals surface area contributed by atoms with E-state index in [9.17, 15) is 10.4 Å². The summed E-state index contributed by atoms with van der Waals surface area (Å²) < 4.78 is 1.05. The molecular weight excluding hydrogens is 339 g/mol. The SMILES string of the molecule is N#Cc1cccc(I)c1N1C2CCCC1(O)CC2. The summed E-state index contributed by atoms with van der Waals surface area (Å²) in [4.78, 5) is 2.12. The molecule has 18 heavy (non-hydrogen) atoms. The summed E-state index contributed by atoms with van der Waals surface area (Å²) in [6, 6.07) is 8.41. The second-order valence-electron chi connectivity index (χ2n) is 5.18. The maximum Gasteiger partial charge on any atom is 0.138 e. The molecule has 2 atom stereocenters. The van der Waals surface area contributed by atoms with Gasteiger partial charge in [0.25, 0.3) is 0 Å². The maximum atomic E-state index is 10.8. The lowest BCUT2D eigenvalue weighted by atomic mass is 9.97. The summed E-state index contributed by atoms with van der Waals surface area (Å²) >= 11 is 2.26. The molecule has 2 unspecified atom stereocenters. The highest BCUT2D eigenvalue weighted by Crippen LogP contribution is 2.47. The predicted molar refractivity (Wildman–Crippen MR) is 78.2 cm³/mol. The lowest BCUT2D eigenvalue weighted by molar-refractivity contribution is 0.0277. The van der Waals surface area contributed by atoms with E-state index in [4.69, 9.17) is 0 Å². The number of para-hydroxylation sites is 1. The van der Waals surface area contributed by atoms with Gasteiger partial charge in [-0.25, -0.2) is 0 Å². The van der Waals surface area contributed by atoms with Gasteiger partial charge in [0.2, 0.25) is 0 Å². The average Bonchev–Trinajstić information content (AvgIpc) is 2.55. The summed E-state index contributed by atoms with van der Waals surface area (Å²) in [6.07, 6.45) is 4.89. The first kappa shape index (κ1) is 12.2. The molecule has 4 heteroatoms. The van der Waals surface area contributed by atoms with Gasteiger partial charge in [-0.2, -0.15) is 5.26 Å². The molecule has 0 amide bonds. The first-order valence-corrected chi connectivity index (χ1v) is 7.44. The van der Waals surface area contributed by atoms with E-state index >= 15 is 0 Å². The molecule has 2 fully saturated rings. The van der Waals surface area contributed by atoms with E-state index in [0.717, 1.165) is 41.4 Å². The molecule has 0 saturated carbocycles. The van der Waals surface area contributed by atoms with Crippen molar-refractivity contribution in [1.29, 1.82) is 5.26 Å². The van der Waals surface area contributed by atoms with Crippen LogP contribution in [0.5, 0.6) is 0 Å². The van der Waals surface area contributed by atoms with Crippen LogP contribution in [0.3, 0.4) is 0 Å². The van der Waals surface area contributed by atoms with Crippen molar-refractivity contribution in [2.24, 2.45) is 0 Å². The van der Waals surface area contributed by atoms with Crippen LogP contribution in [-0.2, 0) is 0 Å². The van der Waals surface area contributed by atoms with Crippen LogP contribution < -0.4 is 4.90 Å². The average molecular weight is 354 g/mol. The number of hydrogen-bond donors (Lipinski definition) is 1. The Labute approximate surface area is 121 Å². The number of fused-ring (bicyclic) bond motifs is 2. The van der Waals surface area contributed by atoms with Crippen LogP contribution in [0.2, 0.25) is 0 Å². The first-order valence-electron chi connectivity index (χ1n) is 6.36. The van der Waals surface area contributed by atoms with Crippen molar-refractivity contribution in [3.63, 3.8) is 0 Å². The molecule has 2 heterocycles. The Balaban J connectivity index is 2.13. The van der Waals surface area contributed by atoms with Crippen molar-refractivity contribution in [3.05, 3.63) is 27.3 Å². The van der Waals surface area contributed by atoms with Crippen molar-refractivity contribution in [3.8, 4) is 6.07 Å². The molecule has 1 aromatic carbocycles. The van der Waals surface area contributed by atoms with Crippen LogP contribution in [0.25, 0.3) is 0 Å². The van der Waals surface area contributed by atoms with Crippen LogP contribution >= 0.6 is 22.6 Å². The van der Waals surface area contributed by atoms with E-state index in [0.29, 0.717) is 11.6 Å². The summed E-state index contributed by atoms with van der Waals surface area (Å²) in [6.45, 7) is 0. The Bertz CT molecular complexity index is 521. The predicted octanol–water partition coefficient (Wildman–Crippen LogP) is 3.00. The fourth-order valence-corrected chi connectivity index (χ4v) is 4.13. The van der Waals surface area contributed by atoms with Crippen molar-refractivity contribution in [2.45, 2.75) is 43.9 Å². The summed E-state index contributed by atoms with van der Waals surface area (Å²) in [5.74, 6) is 0. The van der Waals surface area contributed by atoms with Crippen molar-refractivity contribution in [2.75, 3.05) is 4.90 Å².